The number of aliphatic hydroxyl groups excluding tert-OH is 1. The van der Waals surface area contributed by atoms with Crippen molar-refractivity contribution in [3.8, 4) is 23.0 Å². The van der Waals surface area contributed by atoms with E-state index < -0.39 is 17.7 Å². The number of anilines is 1. The quantitative estimate of drug-likeness (QED) is 0.0722. The van der Waals surface area contributed by atoms with Crippen LogP contribution in [0.4, 0.5) is 5.13 Å². The number of Topliss-reactive ketones (excluding diaryl/α,β-unsaturated/α-hetero) is 1. The summed E-state index contributed by atoms with van der Waals surface area (Å²) < 4.78 is 23.9. The normalized spacial score (nSPS) is 16.0. The zero-order valence-electron chi connectivity index (χ0n) is 25.3. The third kappa shape index (κ3) is 6.21. The molecule has 1 fully saturated rings. The van der Waals surface area contributed by atoms with Crippen molar-refractivity contribution in [2.75, 3.05) is 31.3 Å². The molecule has 1 aliphatic rings. The number of ether oxygens (including phenoxy) is 4. The lowest BCUT2D eigenvalue weighted by atomic mass is 9.95. The average Bonchev–Trinajstić information content (AvgIpc) is 3.56. The summed E-state index contributed by atoms with van der Waals surface area (Å²) in [4.78, 5) is 33.6. The van der Waals surface area contributed by atoms with Gasteiger partial charge in [-0.3, -0.25) is 14.5 Å². The van der Waals surface area contributed by atoms with Gasteiger partial charge in [0.25, 0.3) is 5.78 Å². The lowest BCUT2D eigenvalue weighted by molar-refractivity contribution is -0.132. The van der Waals surface area contributed by atoms with Gasteiger partial charge in [-0.15, -0.1) is 0 Å². The van der Waals surface area contributed by atoms with Crippen molar-refractivity contribution < 1.29 is 33.6 Å². The first-order valence-electron chi connectivity index (χ1n) is 14.9. The Morgan fingerprint density at radius 1 is 0.841 bits per heavy atom. The van der Waals surface area contributed by atoms with E-state index in [0.717, 1.165) is 17.5 Å². The zero-order valence-corrected chi connectivity index (χ0v) is 26.1. The number of ketones is 1. The van der Waals surface area contributed by atoms with Crippen molar-refractivity contribution in [2.24, 2.45) is 0 Å². The summed E-state index contributed by atoms with van der Waals surface area (Å²) in [5.41, 5.74) is 1.56. The average molecular weight is 617 g/mol. The smallest absolute Gasteiger partial charge is 0.301 e. The lowest BCUT2D eigenvalue weighted by Gasteiger charge is -2.24. The van der Waals surface area contributed by atoms with Gasteiger partial charge < -0.3 is 24.1 Å². The summed E-state index contributed by atoms with van der Waals surface area (Å²) in [6.45, 7) is 9.67. The maximum Gasteiger partial charge on any atom is 0.301 e. The summed E-state index contributed by atoms with van der Waals surface area (Å²) >= 11 is 1.27. The van der Waals surface area contributed by atoms with E-state index >= 15 is 0 Å². The first-order valence-corrected chi connectivity index (χ1v) is 15.7. The van der Waals surface area contributed by atoms with Gasteiger partial charge in [0.2, 0.25) is 0 Å². The van der Waals surface area contributed by atoms with Crippen LogP contribution in [0.3, 0.4) is 0 Å². The minimum Gasteiger partial charge on any atom is -0.507 e. The molecule has 10 heteroatoms. The van der Waals surface area contributed by atoms with Gasteiger partial charge in [-0.1, -0.05) is 30.7 Å². The Hall–Kier alpha value is -4.57. The van der Waals surface area contributed by atoms with E-state index in [1.165, 1.54) is 16.2 Å². The molecule has 1 unspecified atom stereocenters. The Labute approximate surface area is 260 Å². The Bertz CT molecular complexity index is 1680. The molecule has 1 atom stereocenters. The van der Waals surface area contributed by atoms with Crippen LogP contribution in [0.5, 0.6) is 23.0 Å². The summed E-state index contributed by atoms with van der Waals surface area (Å²) in [5, 5.41) is 11.9. The molecule has 1 aromatic heterocycles. The van der Waals surface area contributed by atoms with Crippen LogP contribution >= 0.6 is 11.3 Å². The number of aromatic nitrogens is 1. The summed E-state index contributed by atoms with van der Waals surface area (Å²) in [6, 6.07) is 16.6. The third-order valence-corrected chi connectivity index (χ3v) is 8.11. The van der Waals surface area contributed by atoms with Gasteiger partial charge in [-0.2, -0.15) is 0 Å². The van der Waals surface area contributed by atoms with Crippen LogP contribution in [0.1, 0.15) is 57.7 Å². The van der Waals surface area contributed by atoms with Crippen molar-refractivity contribution in [1.82, 2.24) is 4.98 Å². The number of nitrogens with zero attached hydrogens (tertiary/aromatic N) is 2. The van der Waals surface area contributed by atoms with Crippen molar-refractivity contribution in [1.29, 1.82) is 0 Å². The molecular weight excluding hydrogens is 580 g/mol. The number of carbonyl (C=O) groups excluding carboxylic acids is 2. The molecule has 0 bridgehead atoms. The highest BCUT2D eigenvalue weighted by atomic mass is 32.1. The highest BCUT2D eigenvalue weighted by Crippen LogP contribution is 2.46. The maximum absolute atomic E-state index is 13.8. The number of aliphatic hydroxyl groups is 1. The van der Waals surface area contributed by atoms with Gasteiger partial charge in [0.15, 0.2) is 16.6 Å². The van der Waals surface area contributed by atoms with Gasteiger partial charge in [0, 0.05) is 5.56 Å². The standard InChI is InChI=1S/C34H36N2O7S/c1-5-9-18-43-26-17-12-22(19-27(26)42-8-4)30-29(31(37)21-10-13-23(14-11-21)40-6-2)32(38)33(39)36(30)34-35-25-16-15-24(41-7-3)20-28(25)44-34/h10-17,19-20,30,37H,5-9,18H2,1-4H3. The predicted molar refractivity (Wildman–Crippen MR) is 171 cm³/mol. The highest BCUT2D eigenvalue weighted by molar-refractivity contribution is 7.22. The minimum absolute atomic E-state index is 0.0458. The first kappa shape index (κ1) is 30.9. The molecule has 5 rings (SSSR count). The molecule has 0 radical (unpaired) electrons. The van der Waals surface area contributed by atoms with E-state index in [2.05, 4.69) is 6.92 Å². The molecule has 9 nitrogen and oxygen atoms in total. The number of fused-ring (bicyclic) bond motifs is 1. The number of amides is 1. The second kappa shape index (κ2) is 13.8. The van der Waals surface area contributed by atoms with Crippen molar-refractivity contribution >= 4 is 44.1 Å². The molecule has 4 aromatic rings. The molecule has 1 saturated heterocycles. The molecule has 44 heavy (non-hydrogen) atoms. The summed E-state index contributed by atoms with van der Waals surface area (Å²) in [7, 11) is 0. The van der Waals surface area contributed by atoms with Gasteiger partial charge in [0.1, 0.15) is 17.3 Å². The summed E-state index contributed by atoms with van der Waals surface area (Å²) in [6.07, 6.45) is 1.87. The Morgan fingerprint density at radius 3 is 2.25 bits per heavy atom. The van der Waals surface area contributed by atoms with Crippen LogP contribution < -0.4 is 23.8 Å². The van der Waals surface area contributed by atoms with Crippen LogP contribution in [0, 0.1) is 0 Å². The van der Waals surface area contributed by atoms with Crippen LogP contribution in [-0.2, 0) is 9.59 Å². The molecule has 0 spiro atoms. The van der Waals surface area contributed by atoms with Crippen LogP contribution in [0.15, 0.2) is 66.2 Å². The minimum atomic E-state index is -0.975. The maximum atomic E-state index is 13.8. The van der Waals surface area contributed by atoms with Gasteiger partial charge in [-0.05, 0) is 87.4 Å². The molecule has 1 amide bonds. The zero-order chi connectivity index (χ0) is 31.2. The summed E-state index contributed by atoms with van der Waals surface area (Å²) in [5.74, 6) is 0.477. The number of thiazole rings is 1. The fourth-order valence-corrected chi connectivity index (χ4v) is 6.06. The second-order valence-corrected chi connectivity index (χ2v) is 11.0. The Kier molecular flexibility index (Phi) is 9.69. The SMILES string of the molecule is CCCCOc1ccc(C2C(=C(O)c3ccc(OCC)cc3)C(=O)C(=O)N2c2nc3ccc(OCC)cc3s2)cc1OCC. The molecule has 1 N–H and O–H groups in total. The number of benzene rings is 3. The molecule has 0 saturated carbocycles. The van der Waals surface area contributed by atoms with E-state index in [1.807, 2.05) is 39.0 Å². The fourth-order valence-electron chi connectivity index (χ4n) is 5.04. The van der Waals surface area contributed by atoms with E-state index in [4.69, 9.17) is 23.9 Å². The van der Waals surface area contributed by atoms with Gasteiger partial charge in [-0.25, -0.2) is 4.98 Å². The van der Waals surface area contributed by atoms with Crippen molar-refractivity contribution in [3.63, 3.8) is 0 Å². The Morgan fingerprint density at radius 2 is 1.55 bits per heavy atom. The third-order valence-electron chi connectivity index (χ3n) is 7.09. The molecule has 0 aliphatic carbocycles. The predicted octanol–water partition coefficient (Wildman–Crippen LogP) is 7.30. The topological polar surface area (TPSA) is 107 Å². The largest absolute Gasteiger partial charge is 0.507 e. The fraction of sp³-hybridized carbons (Fsp3) is 0.324. The van der Waals surface area contributed by atoms with Gasteiger partial charge >= 0.3 is 5.91 Å². The highest BCUT2D eigenvalue weighted by Gasteiger charge is 2.48. The number of rotatable bonds is 13. The molecule has 1 aliphatic heterocycles. The Balaban J connectivity index is 1.66. The molecular formula is C34H36N2O7S. The van der Waals surface area contributed by atoms with E-state index in [1.54, 1.807) is 42.5 Å². The molecule has 3 aromatic carbocycles. The van der Waals surface area contributed by atoms with E-state index in [-0.39, 0.29) is 11.3 Å². The number of carbonyl (C=O) groups is 2. The molecule has 230 valence electrons. The van der Waals surface area contributed by atoms with Crippen LogP contribution in [0.2, 0.25) is 0 Å². The van der Waals surface area contributed by atoms with E-state index in [9.17, 15) is 14.7 Å². The van der Waals surface area contributed by atoms with E-state index in [0.29, 0.717) is 71.2 Å². The van der Waals surface area contributed by atoms with Crippen LogP contribution in [0.25, 0.3) is 16.0 Å². The van der Waals surface area contributed by atoms with Crippen molar-refractivity contribution in [3.05, 3.63) is 77.4 Å². The monoisotopic (exact) mass is 616 g/mol. The number of unbranched alkanes of at least 4 members (excludes halogenated alkanes) is 1. The number of hydrogen-bond donors (Lipinski definition) is 1. The van der Waals surface area contributed by atoms with Crippen LogP contribution in [-0.4, -0.2) is 48.2 Å². The first-order chi connectivity index (χ1) is 21.4. The van der Waals surface area contributed by atoms with Crippen molar-refractivity contribution in [2.45, 2.75) is 46.6 Å². The lowest BCUT2D eigenvalue weighted by Crippen LogP contribution is -2.29. The molecule has 2 heterocycles. The number of hydrogen-bond acceptors (Lipinski definition) is 9. The second-order valence-electron chi connectivity index (χ2n) is 10.0. The van der Waals surface area contributed by atoms with Gasteiger partial charge in [0.05, 0.1) is 48.3 Å².